The van der Waals surface area contributed by atoms with Crippen LogP contribution < -0.4 is 10.6 Å². The summed E-state index contributed by atoms with van der Waals surface area (Å²) in [5.74, 6) is -0.160. The van der Waals surface area contributed by atoms with Crippen molar-refractivity contribution < 1.29 is 9.59 Å². The van der Waals surface area contributed by atoms with Gasteiger partial charge in [0.15, 0.2) is 0 Å². The molecule has 6 nitrogen and oxygen atoms in total. The zero-order valence-electron chi connectivity index (χ0n) is 10.2. The molecule has 0 aromatic rings. The van der Waals surface area contributed by atoms with Crippen LogP contribution in [-0.4, -0.2) is 47.0 Å². The van der Waals surface area contributed by atoms with E-state index in [1.54, 1.807) is 4.90 Å². The van der Waals surface area contributed by atoms with E-state index in [0.717, 1.165) is 12.8 Å². The van der Waals surface area contributed by atoms with Crippen molar-refractivity contribution in [2.75, 3.05) is 13.1 Å². The number of fused-ring (bicyclic) bond motifs is 1. The fraction of sp³-hybridized carbons (Fsp3) is 0.727. The normalized spacial score (nSPS) is 28.8. The third-order valence-corrected chi connectivity index (χ3v) is 3.02. The monoisotopic (exact) mass is 238 g/mol. The molecule has 6 heteroatoms. The second kappa shape index (κ2) is 5.01. The molecule has 0 bridgehead atoms. The van der Waals surface area contributed by atoms with E-state index in [4.69, 9.17) is 0 Å². The summed E-state index contributed by atoms with van der Waals surface area (Å²) < 4.78 is 0. The number of rotatable bonds is 4. The van der Waals surface area contributed by atoms with Gasteiger partial charge in [-0.25, -0.2) is 4.79 Å². The molecule has 2 heterocycles. The van der Waals surface area contributed by atoms with Gasteiger partial charge in [-0.3, -0.25) is 20.3 Å². The van der Waals surface area contributed by atoms with Crippen LogP contribution in [0.25, 0.3) is 0 Å². The van der Waals surface area contributed by atoms with Gasteiger partial charge >= 0.3 is 6.03 Å². The number of hydrogen-bond acceptors (Lipinski definition) is 4. The van der Waals surface area contributed by atoms with Crippen molar-refractivity contribution in [3.63, 3.8) is 0 Å². The van der Waals surface area contributed by atoms with Gasteiger partial charge in [-0.1, -0.05) is 13.8 Å². The van der Waals surface area contributed by atoms with Gasteiger partial charge in [0.05, 0.1) is 0 Å². The Bertz CT molecular complexity index is 321. The van der Waals surface area contributed by atoms with Gasteiger partial charge < -0.3 is 4.90 Å². The lowest BCUT2D eigenvalue weighted by atomic mass is 10.1. The zero-order valence-corrected chi connectivity index (χ0v) is 10.2. The number of amides is 3. The third kappa shape index (κ3) is 2.02. The zero-order chi connectivity index (χ0) is 12.4. The molecule has 2 aliphatic rings. The summed E-state index contributed by atoms with van der Waals surface area (Å²) in [7, 11) is 0. The van der Waals surface area contributed by atoms with Gasteiger partial charge in [-0.05, 0) is 12.8 Å². The fourth-order valence-electron chi connectivity index (χ4n) is 2.25. The van der Waals surface area contributed by atoms with Gasteiger partial charge in [0.2, 0.25) is 0 Å². The lowest BCUT2D eigenvalue weighted by Crippen LogP contribution is -2.67. The molecule has 2 aliphatic heterocycles. The maximum absolute atomic E-state index is 12.2. The van der Waals surface area contributed by atoms with Crippen molar-refractivity contribution >= 4 is 11.9 Å². The van der Waals surface area contributed by atoms with Gasteiger partial charge in [-0.15, -0.1) is 0 Å². The van der Waals surface area contributed by atoms with Crippen molar-refractivity contribution in [1.82, 2.24) is 20.4 Å². The first kappa shape index (κ1) is 12.3. The molecule has 0 aromatic heterocycles. The molecule has 2 saturated heterocycles. The average molecular weight is 238 g/mol. The lowest BCUT2D eigenvalue weighted by molar-refractivity contribution is -0.134. The first-order chi connectivity index (χ1) is 8.20. The summed E-state index contributed by atoms with van der Waals surface area (Å²) in [4.78, 5) is 27.3. The minimum atomic E-state index is -0.397. The van der Waals surface area contributed by atoms with E-state index >= 15 is 0 Å². The summed E-state index contributed by atoms with van der Waals surface area (Å²) in [5, 5.41) is 5.77. The molecule has 0 aromatic carbocycles. The standard InChI is InChI=1S/C11H18N4O2/c1-3-5-14-9-8(12-7-13-9)10(16)15(6-4-2)11(14)17/h8-9,12-13H,3-6H2,1-2H3. The largest absolute Gasteiger partial charge is 0.328 e. The van der Waals surface area contributed by atoms with Crippen molar-refractivity contribution in [2.45, 2.75) is 38.9 Å². The summed E-state index contributed by atoms with van der Waals surface area (Å²) in [6, 6.07) is -0.594. The summed E-state index contributed by atoms with van der Waals surface area (Å²) >= 11 is 0. The quantitative estimate of drug-likeness (QED) is 0.721. The molecule has 2 N–H and O–H groups in total. The first-order valence-corrected chi connectivity index (χ1v) is 6.08. The van der Waals surface area contributed by atoms with Crippen LogP contribution in [0.2, 0.25) is 0 Å². The molecule has 2 unspecified atom stereocenters. The predicted octanol–water partition coefficient (Wildman–Crippen LogP) is -0.0456. The SMILES string of the molecule is CCCN1C(=O)C2N[C]NC2N(CCC)C1=O. The van der Waals surface area contributed by atoms with Gasteiger partial charge in [0.25, 0.3) is 5.91 Å². The molecule has 2 fully saturated rings. The molecule has 2 radical (unpaired) electrons. The van der Waals surface area contributed by atoms with E-state index in [1.165, 1.54) is 4.90 Å². The molecule has 0 aliphatic carbocycles. The van der Waals surface area contributed by atoms with Crippen LogP contribution in [0, 0.1) is 6.67 Å². The number of carbonyl (C=O) groups is 2. The highest BCUT2D eigenvalue weighted by atomic mass is 16.2. The number of urea groups is 1. The Morgan fingerprint density at radius 1 is 1.18 bits per heavy atom. The average Bonchev–Trinajstić information content (AvgIpc) is 2.79. The topological polar surface area (TPSA) is 64.7 Å². The Morgan fingerprint density at radius 2 is 1.88 bits per heavy atom. The minimum Gasteiger partial charge on any atom is -0.307 e. The third-order valence-electron chi connectivity index (χ3n) is 3.02. The molecular weight excluding hydrogens is 220 g/mol. The van der Waals surface area contributed by atoms with Crippen LogP contribution in [0.5, 0.6) is 0 Å². The summed E-state index contributed by atoms with van der Waals surface area (Å²) in [6.45, 7) is 7.81. The smallest absolute Gasteiger partial charge is 0.307 e. The van der Waals surface area contributed by atoms with Crippen molar-refractivity contribution in [1.29, 1.82) is 0 Å². The second-order valence-electron chi connectivity index (χ2n) is 4.30. The molecule has 94 valence electrons. The maximum Gasteiger partial charge on any atom is 0.328 e. The number of carbonyl (C=O) groups excluding carboxylic acids is 2. The molecular formula is C11H18N4O2. The lowest BCUT2D eigenvalue weighted by Gasteiger charge is -2.41. The Morgan fingerprint density at radius 3 is 2.53 bits per heavy atom. The molecule has 0 spiro atoms. The Kier molecular flexibility index (Phi) is 3.63. The summed E-state index contributed by atoms with van der Waals surface area (Å²) in [6.07, 6.45) is 1.35. The first-order valence-electron chi connectivity index (χ1n) is 6.08. The van der Waals surface area contributed by atoms with Crippen LogP contribution in [0.3, 0.4) is 0 Å². The number of nitrogens with one attached hydrogen (secondary N) is 2. The van der Waals surface area contributed by atoms with Crippen LogP contribution >= 0.6 is 0 Å². The van der Waals surface area contributed by atoms with Crippen molar-refractivity contribution in [3.8, 4) is 0 Å². The molecule has 3 amide bonds. The molecule has 2 atom stereocenters. The number of nitrogens with zero attached hydrogens (tertiary/aromatic N) is 2. The van der Waals surface area contributed by atoms with E-state index in [-0.39, 0.29) is 18.1 Å². The van der Waals surface area contributed by atoms with E-state index < -0.39 is 6.04 Å². The van der Waals surface area contributed by atoms with E-state index in [1.807, 2.05) is 13.8 Å². The van der Waals surface area contributed by atoms with Crippen molar-refractivity contribution in [3.05, 3.63) is 6.67 Å². The van der Waals surface area contributed by atoms with Gasteiger partial charge in [-0.2, -0.15) is 0 Å². The highest BCUT2D eigenvalue weighted by molar-refractivity contribution is 6.00. The number of imide groups is 1. The Labute approximate surface area is 101 Å². The van der Waals surface area contributed by atoms with Crippen LogP contribution in [0.4, 0.5) is 4.79 Å². The molecule has 2 rings (SSSR count). The second-order valence-corrected chi connectivity index (χ2v) is 4.30. The van der Waals surface area contributed by atoms with Gasteiger partial charge in [0, 0.05) is 13.1 Å². The number of hydrogen-bond donors (Lipinski definition) is 2. The minimum absolute atomic E-state index is 0.160. The van der Waals surface area contributed by atoms with E-state index in [0.29, 0.717) is 13.1 Å². The van der Waals surface area contributed by atoms with Crippen LogP contribution in [0.15, 0.2) is 0 Å². The van der Waals surface area contributed by atoms with E-state index in [2.05, 4.69) is 17.3 Å². The molecule has 0 saturated carbocycles. The molecule has 17 heavy (non-hydrogen) atoms. The Balaban J connectivity index is 2.21. The highest BCUT2D eigenvalue weighted by Gasteiger charge is 2.48. The maximum atomic E-state index is 12.2. The fourth-order valence-corrected chi connectivity index (χ4v) is 2.25. The Hall–Kier alpha value is -1.14. The summed E-state index contributed by atoms with van der Waals surface area (Å²) in [5.41, 5.74) is 0. The van der Waals surface area contributed by atoms with E-state index in [9.17, 15) is 9.59 Å². The van der Waals surface area contributed by atoms with Crippen LogP contribution in [-0.2, 0) is 4.79 Å². The van der Waals surface area contributed by atoms with Crippen molar-refractivity contribution in [2.24, 2.45) is 0 Å². The van der Waals surface area contributed by atoms with Gasteiger partial charge in [0.1, 0.15) is 18.9 Å². The highest BCUT2D eigenvalue weighted by Crippen LogP contribution is 2.20. The van der Waals surface area contributed by atoms with Crippen LogP contribution in [0.1, 0.15) is 26.7 Å². The predicted molar refractivity (Wildman–Crippen MR) is 61.5 cm³/mol.